The maximum absolute atomic E-state index is 13.5. The summed E-state index contributed by atoms with van der Waals surface area (Å²) in [6, 6.07) is 3.86. The Morgan fingerprint density at radius 2 is 1.88 bits per heavy atom. The van der Waals surface area contributed by atoms with Crippen LogP contribution in [0.2, 0.25) is 0 Å². The summed E-state index contributed by atoms with van der Waals surface area (Å²) in [5.74, 6) is 0.666. The van der Waals surface area contributed by atoms with Gasteiger partial charge in [-0.05, 0) is 48.8 Å². The standard InChI is InChI=1S/C14H19FO/c1-4-11-12(7-13(11)16)10-5-8(2)14(15)9(3)6-10/h5-6,11-13,16H,4,7H2,1-3H3. The molecule has 1 N–H and O–H groups in total. The zero-order valence-corrected chi connectivity index (χ0v) is 10.1. The highest BCUT2D eigenvalue weighted by molar-refractivity contribution is 5.34. The van der Waals surface area contributed by atoms with Crippen LogP contribution in [0.4, 0.5) is 4.39 Å². The highest BCUT2D eigenvalue weighted by atomic mass is 19.1. The number of rotatable bonds is 2. The molecule has 88 valence electrons. The first-order valence-corrected chi connectivity index (χ1v) is 5.99. The molecule has 2 heteroatoms. The third kappa shape index (κ3) is 1.75. The van der Waals surface area contributed by atoms with Gasteiger partial charge in [-0.1, -0.05) is 25.5 Å². The number of hydrogen-bond donors (Lipinski definition) is 1. The number of halogens is 1. The van der Waals surface area contributed by atoms with Crippen molar-refractivity contribution in [2.45, 2.75) is 45.6 Å². The summed E-state index contributed by atoms with van der Waals surface area (Å²) in [5.41, 5.74) is 2.62. The fourth-order valence-electron chi connectivity index (χ4n) is 2.82. The molecule has 1 aromatic rings. The van der Waals surface area contributed by atoms with Crippen LogP contribution >= 0.6 is 0 Å². The molecule has 0 radical (unpaired) electrons. The predicted molar refractivity (Wildman–Crippen MR) is 63.0 cm³/mol. The van der Waals surface area contributed by atoms with Gasteiger partial charge in [0.25, 0.3) is 0 Å². The van der Waals surface area contributed by atoms with E-state index < -0.39 is 0 Å². The molecular formula is C14H19FO. The molecule has 1 aliphatic carbocycles. The van der Waals surface area contributed by atoms with E-state index in [0.717, 1.165) is 12.8 Å². The van der Waals surface area contributed by atoms with Crippen molar-refractivity contribution in [1.82, 2.24) is 0 Å². The van der Waals surface area contributed by atoms with Crippen molar-refractivity contribution in [2.75, 3.05) is 0 Å². The maximum atomic E-state index is 13.5. The third-order valence-corrected chi connectivity index (χ3v) is 3.86. The van der Waals surface area contributed by atoms with Crippen molar-refractivity contribution in [2.24, 2.45) is 5.92 Å². The number of aliphatic hydroxyl groups excluding tert-OH is 1. The van der Waals surface area contributed by atoms with E-state index in [-0.39, 0.29) is 11.9 Å². The zero-order chi connectivity index (χ0) is 11.9. The summed E-state index contributed by atoms with van der Waals surface area (Å²) in [7, 11) is 0. The third-order valence-electron chi connectivity index (χ3n) is 3.86. The van der Waals surface area contributed by atoms with E-state index in [2.05, 4.69) is 6.92 Å². The van der Waals surface area contributed by atoms with Crippen LogP contribution in [0.3, 0.4) is 0 Å². The Balaban J connectivity index is 2.29. The normalized spacial score (nSPS) is 28.9. The van der Waals surface area contributed by atoms with Crippen LogP contribution in [0.25, 0.3) is 0 Å². The first-order chi connectivity index (χ1) is 7.54. The van der Waals surface area contributed by atoms with E-state index >= 15 is 0 Å². The van der Waals surface area contributed by atoms with Gasteiger partial charge in [-0.3, -0.25) is 0 Å². The minimum Gasteiger partial charge on any atom is -0.393 e. The number of benzene rings is 1. The van der Waals surface area contributed by atoms with Gasteiger partial charge >= 0.3 is 0 Å². The van der Waals surface area contributed by atoms with Crippen LogP contribution in [-0.4, -0.2) is 11.2 Å². The smallest absolute Gasteiger partial charge is 0.129 e. The van der Waals surface area contributed by atoms with Crippen molar-refractivity contribution in [3.8, 4) is 0 Å². The van der Waals surface area contributed by atoms with Crippen molar-refractivity contribution in [3.05, 3.63) is 34.6 Å². The molecule has 0 amide bonds. The van der Waals surface area contributed by atoms with Crippen LogP contribution in [0.1, 0.15) is 42.4 Å². The van der Waals surface area contributed by atoms with Gasteiger partial charge in [-0.15, -0.1) is 0 Å². The van der Waals surface area contributed by atoms with Gasteiger partial charge in [-0.25, -0.2) is 4.39 Å². The minimum atomic E-state index is -0.166. The van der Waals surface area contributed by atoms with Crippen molar-refractivity contribution < 1.29 is 9.50 Å². The second-order valence-corrected chi connectivity index (χ2v) is 4.95. The molecule has 0 bridgehead atoms. The summed E-state index contributed by atoms with van der Waals surface area (Å²) < 4.78 is 13.5. The second kappa shape index (κ2) is 4.17. The van der Waals surface area contributed by atoms with Gasteiger partial charge in [0.15, 0.2) is 0 Å². The maximum Gasteiger partial charge on any atom is 0.129 e. The van der Waals surface area contributed by atoms with E-state index in [9.17, 15) is 9.50 Å². The molecule has 0 saturated heterocycles. The van der Waals surface area contributed by atoms with Gasteiger partial charge in [-0.2, -0.15) is 0 Å². The quantitative estimate of drug-likeness (QED) is 0.814. The molecule has 1 aromatic carbocycles. The first-order valence-electron chi connectivity index (χ1n) is 5.99. The second-order valence-electron chi connectivity index (χ2n) is 4.95. The predicted octanol–water partition coefficient (Wildman–Crippen LogP) is 3.32. The number of aliphatic hydroxyl groups is 1. The van der Waals surface area contributed by atoms with Gasteiger partial charge < -0.3 is 5.11 Å². The summed E-state index contributed by atoms with van der Waals surface area (Å²) in [6.07, 6.45) is 1.64. The monoisotopic (exact) mass is 222 g/mol. The van der Waals surface area contributed by atoms with Crippen LogP contribution in [0, 0.1) is 25.6 Å². The van der Waals surface area contributed by atoms with Crippen molar-refractivity contribution >= 4 is 0 Å². The molecule has 0 aliphatic heterocycles. The molecule has 3 unspecified atom stereocenters. The molecule has 1 aliphatic rings. The van der Waals surface area contributed by atoms with Gasteiger partial charge in [0.2, 0.25) is 0 Å². The summed E-state index contributed by atoms with van der Waals surface area (Å²) in [4.78, 5) is 0. The van der Waals surface area contributed by atoms with Crippen LogP contribution in [-0.2, 0) is 0 Å². The Morgan fingerprint density at radius 3 is 2.31 bits per heavy atom. The Morgan fingerprint density at radius 1 is 1.31 bits per heavy atom. The molecule has 0 heterocycles. The Hall–Kier alpha value is -0.890. The lowest BCUT2D eigenvalue weighted by atomic mass is 9.66. The summed E-state index contributed by atoms with van der Waals surface area (Å²) in [6.45, 7) is 5.72. The molecule has 1 nitrogen and oxygen atoms in total. The largest absolute Gasteiger partial charge is 0.393 e. The number of hydrogen-bond acceptors (Lipinski definition) is 1. The van der Waals surface area contributed by atoms with Crippen LogP contribution in [0.5, 0.6) is 0 Å². The Labute approximate surface area is 96.3 Å². The van der Waals surface area contributed by atoms with E-state index in [1.54, 1.807) is 0 Å². The molecule has 1 fully saturated rings. The average molecular weight is 222 g/mol. The van der Waals surface area contributed by atoms with Crippen molar-refractivity contribution in [1.29, 1.82) is 0 Å². The zero-order valence-electron chi connectivity index (χ0n) is 10.1. The molecule has 2 rings (SSSR count). The molecule has 0 aromatic heterocycles. The van der Waals surface area contributed by atoms with Gasteiger partial charge in [0.1, 0.15) is 5.82 Å². The van der Waals surface area contributed by atoms with Gasteiger partial charge in [0.05, 0.1) is 6.10 Å². The van der Waals surface area contributed by atoms with Gasteiger partial charge in [0, 0.05) is 0 Å². The van der Waals surface area contributed by atoms with Crippen molar-refractivity contribution in [3.63, 3.8) is 0 Å². The van der Waals surface area contributed by atoms with Crippen LogP contribution < -0.4 is 0 Å². The molecule has 16 heavy (non-hydrogen) atoms. The van der Waals surface area contributed by atoms with E-state index in [4.69, 9.17) is 0 Å². The Kier molecular flexibility index (Phi) is 3.02. The lowest BCUT2D eigenvalue weighted by molar-refractivity contribution is -0.000781. The first kappa shape index (κ1) is 11.6. The summed E-state index contributed by atoms with van der Waals surface area (Å²) >= 11 is 0. The molecular weight excluding hydrogens is 203 g/mol. The highest BCUT2D eigenvalue weighted by Gasteiger charge is 2.39. The van der Waals surface area contributed by atoms with E-state index in [0.29, 0.717) is 23.0 Å². The fraction of sp³-hybridized carbons (Fsp3) is 0.571. The summed E-state index contributed by atoms with van der Waals surface area (Å²) in [5, 5.41) is 9.66. The average Bonchev–Trinajstić information content (AvgIpc) is 2.22. The number of aryl methyl sites for hydroxylation is 2. The lowest BCUT2D eigenvalue weighted by Gasteiger charge is -2.42. The van der Waals surface area contributed by atoms with E-state index in [1.807, 2.05) is 26.0 Å². The molecule has 1 saturated carbocycles. The lowest BCUT2D eigenvalue weighted by Crippen LogP contribution is -2.39. The Bertz CT molecular complexity index is 377. The SMILES string of the molecule is CCC1C(O)CC1c1cc(C)c(F)c(C)c1. The minimum absolute atomic E-state index is 0.100. The highest BCUT2D eigenvalue weighted by Crippen LogP contribution is 2.45. The molecule has 3 atom stereocenters. The fourth-order valence-corrected chi connectivity index (χ4v) is 2.82. The van der Waals surface area contributed by atoms with E-state index in [1.165, 1.54) is 5.56 Å². The van der Waals surface area contributed by atoms with Crippen LogP contribution in [0.15, 0.2) is 12.1 Å². The molecule has 0 spiro atoms. The topological polar surface area (TPSA) is 20.2 Å².